The molecule has 1 unspecified atom stereocenters. The van der Waals surface area contributed by atoms with E-state index in [9.17, 15) is 4.79 Å². The van der Waals surface area contributed by atoms with Crippen LogP contribution < -0.4 is 0 Å². The maximum atomic E-state index is 12.0. The number of ketones is 1. The average Bonchev–Trinajstić information content (AvgIpc) is 2.23. The van der Waals surface area contributed by atoms with Gasteiger partial charge in [-0.2, -0.15) is 0 Å². The summed E-state index contributed by atoms with van der Waals surface area (Å²) in [5, 5.41) is 0. The molecule has 0 radical (unpaired) electrons. The van der Waals surface area contributed by atoms with Crippen LogP contribution in [0.5, 0.6) is 0 Å². The summed E-state index contributed by atoms with van der Waals surface area (Å²) in [5.74, 6) is 0.405. The fourth-order valence-corrected chi connectivity index (χ4v) is 2.86. The van der Waals surface area contributed by atoms with Gasteiger partial charge in [-0.05, 0) is 46.6 Å². The number of hydrogen-bond donors (Lipinski definition) is 0. The first-order valence-electron chi connectivity index (χ1n) is 7.42. The number of Topliss-reactive ketones (excluding diaryl/α,β-unsaturated/α-hetero) is 1. The van der Waals surface area contributed by atoms with Gasteiger partial charge in [0.25, 0.3) is 0 Å². The zero-order valence-electron chi connectivity index (χ0n) is 13.2. The van der Waals surface area contributed by atoms with E-state index in [2.05, 4.69) is 25.7 Å². The molecule has 0 N–H and O–H groups in total. The molecule has 2 nitrogen and oxygen atoms in total. The third-order valence-electron chi connectivity index (χ3n) is 4.03. The molecule has 0 aliphatic carbocycles. The lowest BCUT2D eigenvalue weighted by Gasteiger charge is -2.45. The predicted octanol–water partition coefficient (Wildman–Crippen LogP) is 4.03. The number of likely N-dealkylation sites (tertiary alicyclic amines) is 1. The zero-order valence-corrected chi connectivity index (χ0v) is 13.2. The van der Waals surface area contributed by atoms with Crippen LogP contribution in [0, 0.1) is 5.41 Å². The molecule has 1 heterocycles. The molecule has 0 aromatic carbocycles. The van der Waals surface area contributed by atoms with Crippen molar-refractivity contribution >= 4 is 5.78 Å². The van der Waals surface area contributed by atoms with E-state index in [1.165, 1.54) is 25.8 Å². The third kappa shape index (κ3) is 4.38. The Bertz CT molecular complexity index is 282. The van der Waals surface area contributed by atoms with Crippen molar-refractivity contribution < 1.29 is 4.79 Å². The van der Waals surface area contributed by atoms with Crippen molar-refractivity contribution in [3.63, 3.8) is 0 Å². The minimum Gasteiger partial charge on any atom is -0.299 e. The summed E-state index contributed by atoms with van der Waals surface area (Å²) in [5.41, 5.74) is 0.0527. The third-order valence-corrected chi connectivity index (χ3v) is 4.03. The van der Waals surface area contributed by atoms with Gasteiger partial charge in [0.1, 0.15) is 5.78 Å². The summed E-state index contributed by atoms with van der Waals surface area (Å²) in [7, 11) is 0. The van der Waals surface area contributed by atoms with Crippen molar-refractivity contribution in [1.29, 1.82) is 0 Å². The van der Waals surface area contributed by atoms with E-state index >= 15 is 0 Å². The van der Waals surface area contributed by atoms with Crippen molar-refractivity contribution in [3.8, 4) is 0 Å². The quantitative estimate of drug-likeness (QED) is 0.756. The highest BCUT2D eigenvalue weighted by Gasteiger charge is 2.32. The van der Waals surface area contributed by atoms with E-state index in [0.717, 1.165) is 12.8 Å². The number of rotatable bonds is 3. The highest BCUT2D eigenvalue weighted by Crippen LogP contribution is 2.29. The standard InChI is InChI=1S/C16H31NO/c1-15(2,3)14(18)11-10-13-9-7-8-12-17(13)16(4,5)6/h13H,7-12H2,1-6H3. The number of nitrogens with zero attached hydrogens (tertiary/aromatic N) is 1. The van der Waals surface area contributed by atoms with Crippen LogP contribution in [0.4, 0.5) is 0 Å². The summed E-state index contributed by atoms with van der Waals surface area (Å²) >= 11 is 0. The van der Waals surface area contributed by atoms with E-state index in [-0.39, 0.29) is 11.0 Å². The first-order chi connectivity index (χ1) is 8.12. The molecule has 1 fully saturated rings. The largest absolute Gasteiger partial charge is 0.299 e. The molecular formula is C16H31NO. The molecule has 18 heavy (non-hydrogen) atoms. The highest BCUT2D eigenvalue weighted by molar-refractivity contribution is 5.83. The van der Waals surface area contributed by atoms with Gasteiger partial charge < -0.3 is 0 Å². The Morgan fingerprint density at radius 1 is 1.11 bits per heavy atom. The van der Waals surface area contributed by atoms with Gasteiger partial charge >= 0.3 is 0 Å². The molecule has 1 aliphatic rings. The van der Waals surface area contributed by atoms with Gasteiger partial charge in [0.2, 0.25) is 0 Å². The Morgan fingerprint density at radius 2 is 1.72 bits per heavy atom. The van der Waals surface area contributed by atoms with Crippen LogP contribution in [-0.2, 0) is 4.79 Å². The predicted molar refractivity (Wildman–Crippen MR) is 77.8 cm³/mol. The van der Waals surface area contributed by atoms with Crippen molar-refractivity contribution in [2.24, 2.45) is 5.41 Å². The minimum atomic E-state index is -0.179. The molecule has 0 aromatic rings. The topological polar surface area (TPSA) is 20.3 Å². The van der Waals surface area contributed by atoms with Crippen LogP contribution in [0.3, 0.4) is 0 Å². The van der Waals surface area contributed by atoms with Crippen molar-refractivity contribution in [2.75, 3.05) is 6.54 Å². The van der Waals surface area contributed by atoms with E-state index in [1.807, 2.05) is 20.8 Å². The molecule has 1 aliphatic heterocycles. The van der Waals surface area contributed by atoms with Crippen LogP contribution in [0.1, 0.15) is 73.6 Å². The van der Waals surface area contributed by atoms with Crippen LogP contribution in [0.2, 0.25) is 0 Å². The second kappa shape index (κ2) is 5.73. The second-order valence-corrected chi connectivity index (χ2v) is 7.73. The maximum absolute atomic E-state index is 12.0. The highest BCUT2D eigenvalue weighted by atomic mass is 16.1. The fraction of sp³-hybridized carbons (Fsp3) is 0.938. The molecule has 0 spiro atoms. The first-order valence-corrected chi connectivity index (χ1v) is 7.42. The molecule has 106 valence electrons. The van der Waals surface area contributed by atoms with Gasteiger partial charge in [0.05, 0.1) is 0 Å². The van der Waals surface area contributed by atoms with E-state index in [4.69, 9.17) is 0 Å². The molecule has 2 heteroatoms. The summed E-state index contributed by atoms with van der Waals surface area (Å²) in [4.78, 5) is 14.6. The van der Waals surface area contributed by atoms with Gasteiger partial charge in [0, 0.05) is 23.4 Å². The Hall–Kier alpha value is -0.370. The number of carbonyl (C=O) groups excluding carboxylic acids is 1. The Balaban J connectivity index is 2.56. The molecule has 1 atom stereocenters. The smallest absolute Gasteiger partial charge is 0.138 e. The minimum absolute atomic E-state index is 0.179. The van der Waals surface area contributed by atoms with Gasteiger partial charge in [-0.15, -0.1) is 0 Å². The van der Waals surface area contributed by atoms with Gasteiger partial charge in [-0.3, -0.25) is 9.69 Å². The monoisotopic (exact) mass is 253 g/mol. The van der Waals surface area contributed by atoms with Gasteiger partial charge in [-0.25, -0.2) is 0 Å². The molecule has 1 rings (SSSR count). The lowest BCUT2D eigenvalue weighted by Crippen LogP contribution is -2.50. The summed E-state index contributed by atoms with van der Waals surface area (Å²) in [6.07, 6.45) is 5.66. The summed E-state index contributed by atoms with van der Waals surface area (Å²) in [6, 6.07) is 0.602. The molecule has 0 saturated carbocycles. The Kier molecular flexibility index (Phi) is 4.99. The molecule has 0 bridgehead atoms. The number of piperidine rings is 1. The molecule has 0 aromatic heterocycles. The second-order valence-electron chi connectivity index (χ2n) is 7.73. The van der Waals surface area contributed by atoms with Crippen LogP contribution in [0.25, 0.3) is 0 Å². The first kappa shape index (κ1) is 15.7. The van der Waals surface area contributed by atoms with E-state index in [0.29, 0.717) is 11.8 Å². The normalized spacial score (nSPS) is 23.1. The molecular weight excluding hydrogens is 222 g/mol. The van der Waals surface area contributed by atoms with Crippen molar-refractivity contribution in [2.45, 2.75) is 85.2 Å². The zero-order chi connectivity index (χ0) is 14.0. The Labute approximate surface area is 113 Å². The van der Waals surface area contributed by atoms with E-state index < -0.39 is 0 Å². The SMILES string of the molecule is CC(C)(C)C(=O)CCC1CCCCN1C(C)(C)C. The van der Waals surface area contributed by atoms with Crippen LogP contribution in [-0.4, -0.2) is 28.8 Å². The summed E-state index contributed by atoms with van der Waals surface area (Å²) < 4.78 is 0. The number of carbonyl (C=O) groups is 1. The number of hydrogen-bond acceptors (Lipinski definition) is 2. The average molecular weight is 253 g/mol. The van der Waals surface area contributed by atoms with Crippen LogP contribution in [0.15, 0.2) is 0 Å². The van der Waals surface area contributed by atoms with Crippen LogP contribution >= 0.6 is 0 Å². The fourth-order valence-electron chi connectivity index (χ4n) is 2.86. The lowest BCUT2D eigenvalue weighted by atomic mass is 9.85. The lowest BCUT2D eigenvalue weighted by molar-refractivity contribution is -0.126. The summed E-state index contributed by atoms with van der Waals surface area (Å²) in [6.45, 7) is 14.1. The Morgan fingerprint density at radius 3 is 2.22 bits per heavy atom. The van der Waals surface area contributed by atoms with E-state index in [1.54, 1.807) is 0 Å². The van der Waals surface area contributed by atoms with Crippen molar-refractivity contribution in [1.82, 2.24) is 4.90 Å². The molecule has 1 saturated heterocycles. The van der Waals surface area contributed by atoms with Crippen molar-refractivity contribution in [3.05, 3.63) is 0 Å². The van der Waals surface area contributed by atoms with Gasteiger partial charge in [0.15, 0.2) is 0 Å². The molecule has 0 amide bonds. The maximum Gasteiger partial charge on any atom is 0.138 e. The van der Waals surface area contributed by atoms with Gasteiger partial charge in [-0.1, -0.05) is 27.2 Å².